The number of nitrogens with zero attached hydrogens (tertiary/aromatic N) is 2. The van der Waals surface area contributed by atoms with Crippen LogP contribution in [-0.4, -0.2) is 28.0 Å². The molecular weight excluding hydrogens is 291 g/mol. The predicted octanol–water partition coefficient (Wildman–Crippen LogP) is 2.94. The van der Waals surface area contributed by atoms with Crippen LogP contribution < -0.4 is 4.74 Å². The van der Waals surface area contributed by atoms with Gasteiger partial charge in [-0.2, -0.15) is 4.73 Å². The summed E-state index contributed by atoms with van der Waals surface area (Å²) in [4.78, 5) is 15.6. The first-order valence-corrected chi connectivity index (χ1v) is 6.30. The van der Waals surface area contributed by atoms with Crippen molar-refractivity contribution in [1.82, 2.24) is 9.71 Å². The van der Waals surface area contributed by atoms with Crippen LogP contribution in [0.5, 0.6) is 11.5 Å². The molecule has 112 valence electrons. The normalized spacial score (nSPS) is 10.6. The van der Waals surface area contributed by atoms with Crippen molar-refractivity contribution in [3.8, 4) is 22.9 Å². The second kappa shape index (κ2) is 5.36. The van der Waals surface area contributed by atoms with Crippen molar-refractivity contribution >= 4 is 5.97 Å². The number of carbonyl (C=O) groups is 1. The van der Waals surface area contributed by atoms with E-state index in [1.165, 1.54) is 25.6 Å². The fourth-order valence-electron chi connectivity index (χ4n) is 2.06. The number of methoxy groups -OCH3 is 1. The minimum atomic E-state index is -0.650. The van der Waals surface area contributed by atoms with Crippen molar-refractivity contribution in [1.29, 1.82) is 0 Å². The average molecular weight is 302 g/mol. The highest BCUT2D eigenvalue weighted by Gasteiger charge is 2.17. The molecule has 22 heavy (non-hydrogen) atoms. The molecule has 0 aromatic heterocycles. The third-order valence-electron chi connectivity index (χ3n) is 3.05. The molecule has 0 bridgehead atoms. The van der Waals surface area contributed by atoms with Crippen LogP contribution in [0, 0.1) is 5.82 Å². The van der Waals surface area contributed by atoms with Crippen molar-refractivity contribution in [2.45, 2.75) is 0 Å². The fraction of sp³-hybridized carbons (Fsp3) is 0.0667. The molecule has 0 spiro atoms. The second-order valence-electron chi connectivity index (χ2n) is 4.48. The molecule has 6 nitrogen and oxygen atoms in total. The largest absolute Gasteiger partial charge is 0.465 e. The highest BCUT2D eigenvalue weighted by atomic mass is 19.1. The number of esters is 1. The summed E-state index contributed by atoms with van der Waals surface area (Å²) in [6, 6.07) is 6.77. The van der Waals surface area contributed by atoms with Crippen LogP contribution in [0.4, 0.5) is 4.39 Å². The number of hydrogen-bond donors (Lipinski definition) is 1. The lowest BCUT2D eigenvalue weighted by Crippen LogP contribution is -2.05. The summed E-state index contributed by atoms with van der Waals surface area (Å²) >= 11 is 0. The van der Waals surface area contributed by atoms with Gasteiger partial charge in [-0.15, -0.1) is 0 Å². The van der Waals surface area contributed by atoms with Crippen molar-refractivity contribution in [3.05, 3.63) is 54.1 Å². The van der Waals surface area contributed by atoms with Gasteiger partial charge in [0.15, 0.2) is 5.82 Å². The van der Waals surface area contributed by atoms with Crippen LogP contribution in [0.3, 0.4) is 0 Å². The Morgan fingerprint density at radius 2 is 2.14 bits per heavy atom. The lowest BCUT2D eigenvalue weighted by Gasteiger charge is -2.12. The van der Waals surface area contributed by atoms with Crippen LogP contribution in [0.25, 0.3) is 11.4 Å². The fourth-order valence-corrected chi connectivity index (χ4v) is 2.06. The van der Waals surface area contributed by atoms with Crippen molar-refractivity contribution in [2.24, 2.45) is 0 Å². The van der Waals surface area contributed by atoms with Gasteiger partial charge in [0.1, 0.15) is 22.9 Å². The number of rotatable bonds is 3. The minimum absolute atomic E-state index is 0.00860. The second-order valence-corrected chi connectivity index (χ2v) is 4.48. The summed E-state index contributed by atoms with van der Waals surface area (Å²) < 4.78 is 24.3. The molecule has 2 aliphatic rings. The molecule has 0 unspecified atom stereocenters. The highest BCUT2D eigenvalue weighted by molar-refractivity contribution is 5.92. The number of benzene rings is 1. The number of fused-ring (bicyclic) bond motifs is 1. The van der Waals surface area contributed by atoms with Gasteiger partial charge in [-0.3, -0.25) is 0 Å². The Bertz CT molecular complexity index is 815. The molecule has 0 fully saturated rings. The maximum Gasteiger partial charge on any atom is 0.341 e. The number of pyridine rings is 1. The van der Waals surface area contributed by atoms with E-state index in [1.807, 2.05) is 0 Å². The molecule has 0 saturated carbocycles. The molecule has 0 amide bonds. The molecule has 1 aromatic rings. The highest BCUT2D eigenvalue weighted by Crippen LogP contribution is 2.30. The van der Waals surface area contributed by atoms with E-state index in [0.717, 1.165) is 16.9 Å². The summed E-state index contributed by atoms with van der Waals surface area (Å²) in [5.41, 5.74) is 0.713. The van der Waals surface area contributed by atoms with Crippen LogP contribution in [0.2, 0.25) is 0 Å². The molecule has 1 N–H and O–H groups in total. The predicted molar refractivity (Wildman–Crippen MR) is 73.8 cm³/mol. The van der Waals surface area contributed by atoms with E-state index in [4.69, 9.17) is 4.74 Å². The van der Waals surface area contributed by atoms with Gasteiger partial charge < -0.3 is 14.7 Å². The Hall–Kier alpha value is -3.09. The zero-order valence-electron chi connectivity index (χ0n) is 11.5. The van der Waals surface area contributed by atoms with Crippen molar-refractivity contribution in [3.63, 3.8) is 0 Å². The van der Waals surface area contributed by atoms with E-state index in [1.54, 1.807) is 12.1 Å². The third-order valence-corrected chi connectivity index (χ3v) is 3.05. The molecule has 7 heteroatoms. The van der Waals surface area contributed by atoms with E-state index in [-0.39, 0.29) is 17.1 Å². The quantitative estimate of drug-likeness (QED) is 0.595. The molecule has 0 atom stereocenters. The summed E-state index contributed by atoms with van der Waals surface area (Å²) in [6.07, 6.45) is 2.80. The van der Waals surface area contributed by atoms with Crippen LogP contribution >= 0.6 is 0 Å². The minimum Gasteiger partial charge on any atom is -0.465 e. The van der Waals surface area contributed by atoms with Crippen LogP contribution in [0.1, 0.15) is 10.4 Å². The summed E-state index contributed by atoms with van der Waals surface area (Å²) in [6.45, 7) is 0. The van der Waals surface area contributed by atoms with E-state index in [9.17, 15) is 14.4 Å². The van der Waals surface area contributed by atoms with Gasteiger partial charge >= 0.3 is 5.97 Å². The zero-order chi connectivity index (χ0) is 15.7. The molecule has 0 saturated heterocycles. The number of ether oxygens (including phenoxy) is 2. The van der Waals surface area contributed by atoms with E-state index in [2.05, 4.69) is 9.72 Å². The monoisotopic (exact) mass is 302 g/mol. The van der Waals surface area contributed by atoms with E-state index in [0.29, 0.717) is 11.4 Å². The lowest BCUT2D eigenvalue weighted by molar-refractivity contribution is 0.0598. The standard InChI is InChI=1S/C15H11FN2O4/c1-21-15(19)12-3-2-10(16)7-13(12)22-11-6-9-4-5-17-14(9)18(20)8-11/h2-8,20H,1H3. The molecule has 2 aliphatic heterocycles. The molecule has 1 aromatic carbocycles. The Balaban J connectivity index is 2.03. The summed E-state index contributed by atoms with van der Waals surface area (Å²) in [5.74, 6) is -0.636. The number of carbonyl (C=O) groups excluding carboxylic acids is 1. The van der Waals surface area contributed by atoms with Gasteiger partial charge in [0, 0.05) is 17.8 Å². The average Bonchev–Trinajstić information content (AvgIpc) is 2.95. The van der Waals surface area contributed by atoms with E-state index >= 15 is 0 Å². The lowest BCUT2D eigenvalue weighted by atomic mass is 10.2. The van der Waals surface area contributed by atoms with Gasteiger partial charge in [-0.05, 0) is 24.3 Å². The van der Waals surface area contributed by atoms with Crippen molar-refractivity contribution < 1.29 is 23.9 Å². The smallest absolute Gasteiger partial charge is 0.341 e. The number of aromatic nitrogens is 2. The zero-order valence-corrected chi connectivity index (χ0v) is 11.5. The van der Waals surface area contributed by atoms with Gasteiger partial charge in [-0.1, -0.05) is 0 Å². The first kappa shape index (κ1) is 13.9. The molecule has 2 heterocycles. The van der Waals surface area contributed by atoms with Crippen molar-refractivity contribution in [2.75, 3.05) is 7.11 Å². The Kier molecular flexibility index (Phi) is 3.38. The summed E-state index contributed by atoms with van der Waals surface area (Å²) in [7, 11) is 1.22. The van der Waals surface area contributed by atoms with E-state index < -0.39 is 11.8 Å². The van der Waals surface area contributed by atoms with Gasteiger partial charge in [0.2, 0.25) is 0 Å². The van der Waals surface area contributed by atoms with Gasteiger partial charge in [0.05, 0.1) is 13.3 Å². The van der Waals surface area contributed by atoms with Crippen LogP contribution in [0.15, 0.2) is 42.7 Å². The Morgan fingerprint density at radius 1 is 1.32 bits per heavy atom. The molecular formula is C15H11FN2O4. The molecule has 0 aliphatic carbocycles. The third kappa shape index (κ3) is 2.44. The molecule has 3 rings (SSSR count). The van der Waals surface area contributed by atoms with Crippen LogP contribution in [-0.2, 0) is 4.74 Å². The number of hydrogen-bond acceptors (Lipinski definition) is 5. The maximum absolute atomic E-state index is 13.4. The summed E-state index contributed by atoms with van der Waals surface area (Å²) in [5, 5.41) is 9.81. The van der Waals surface area contributed by atoms with Gasteiger partial charge in [-0.25, -0.2) is 14.2 Å². The first-order valence-electron chi connectivity index (χ1n) is 6.30. The topological polar surface area (TPSA) is 73.6 Å². The SMILES string of the molecule is COC(=O)c1ccc(F)cc1Oc1cc2ccnc-2n(O)c1. The van der Waals surface area contributed by atoms with Gasteiger partial charge in [0.25, 0.3) is 0 Å². The molecule has 0 radical (unpaired) electrons. The Morgan fingerprint density at radius 3 is 2.91 bits per heavy atom. The number of halogens is 1. The Labute approximate surface area is 124 Å². The maximum atomic E-state index is 13.4. The first-order chi connectivity index (χ1) is 10.6.